The maximum absolute atomic E-state index is 12.8. The summed E-state index contributed by atoms with van der Waals surface area (Å²) in [6, 6.07) is 1.13. The smallest absolute Gasteiger partial charge is 0.338 e. The number of nitro benzene ring substituents is 1. The van der Waals surface area contributed by atoms with E-state index in [9.17, 15) is 19.7 Å². The predicted molar refractivity (Wildman–Crippen MR) is 108 cm³/mol. The van der Waals surface area contributed by atoms with Gasteiger partial charge in [-0.1, -0.05) is 13.8 Å². The lowest BCUT2D eigenvalue weighted by molar-refractivity contribution is -0.385. The summed E-state index contributed by atoms with van der Waals surface area (Å²) in [6.07, 6.45) is 0. The highest BCUT2D eigenvalue weighted by molar-refractivity contribution is 5.95. The molecule has 0 bridgehead atoms. The highest BCUT2D eigenvalue weighted by atomic mass is 16.6. The monoisotopic (exact) mass is 421 g/mol. The second-order valence-corrected chi connectivity index (χ2v) is 7.04. The van der Waals surface area contributed by atoms with Crippen LogP contribution < -0.4 is 20.1 Å². The summed E-state index contributed by atoms with van der Waals surface area (Å²) in [5.41, 5.74) is 0.416. The van der Waals surface area contributed by atoms with Crippen molar-refractivity contribution in [3.63, 3.8) is 0 Å². The molecule has 1 unspecified atom stereocenters. The van der Waals surface area contributed by atoms with Crippen molar-refractivity contribution in [3.05, 3.63) is 39.1 Å². The molecule has 0 aliphatic carbocycles. The predicted octanol–water partition coefficient (Wildman–Crippen LogP) is 3.22. The van der Waals surface area contributed by atoms with Crippen molar-refractivity contribution in [1.82, 2.24) is 10.6 Å². The first-order chi connectivity index (χ1) is 14.2. The number of ether oxygens (including phenoxy) is 3. The average Bonchev–Trinajstić information content (AvgIpc) is 2.66. The molecular formula is C20H27N3O7. The van der Waals surface area contributed by atoms with Crippen molar-refractivity contribution in [2.24, 2.45) is 5.92 Å². The minimum Gasteiger partial charge on any atom is -0.493 e. The molecule has 1 aliphatic heterocycles. The Morgan fingerprint density at radius 2 is 1.83 bits per heavy atom. The zero-order chi connectivity index (χ0) is 22.4. The number of amides is 2. The number of hydrogen-bond donors (Lipinski definition) is 2. The molecule has 0 saturated carbocycles. The first kappa shape index (κ1) is 23.0. The fourth-order valence-electron chi connectivity index (χ4n) is 3.00. The lowest BCUT2D eigenvalue weighted by Gasteiger charge is -2.29. The van der Waals surface area contributed by atoms with E-state index in [-0.39, 0.29) is 54.1 Å². The zero-order valence-corrected chi connectivity index (χ0v) is 17.7. The Bertz CT molecular complexity index is 864. The quantitative estimate of drug-likeness (QED) is 0.356. The van der Waals surface area contributed by atoms with Crippen molar-refractivity contribution in [2.75, 3.05) is 19.8 Å². The summed E-state index contributed by atoms with van der Waals surface area (Å²) >= 11 is 0. The highest BCUT2D eigenvalue weighted by Crippen LogP contribution is 2.41. The van der Waals surface area contributed by atoms with Gasteiger partial charge in [-0.3, -0.25) is 10.1 Å². The van der Waals surface area contributed by atoms with E-state index in [4.69, 9.17) is 14.2 Å². The van der Waals surface area contributed by atoms with Crippen LogP contribution in [0.15, 0.2) is 23.4 Å². The maximum atomic E-state index is 12.8. The summed E-state index contributed by atoms with van der Waals surface area (Å²) in [5, 5.41) is 16.8. The van der Waals surface area contributed by atoms with E-state index in [2.05, 4.69) is 10.6 Å². The second kappa shape index (κ2) is 9.95. The summed E-state index contributed by atoms with van der Waals surface area (Å²) < 4.78 is 16.4. The Balaban J connectivity index is 2.62. The molecule has 2 amide bonds. The molecular weight excluding hydrogens is 394 g/mol. The van der Waals surface area contributed by atoms with Crippen LogP contribution in [0.5, 0.6) is 11.5 Å². The fourth-order valence-corrected chi connectivity index (χ4v) is 3.00. The van der Waals surface area contributed by atoms with Crippen LogP contribution in [-0.2, 0) is 9.53 Å². The van der Waals surface area contributed by atoms with Gasteiger partial charge in [-0.05, 0) is 26.7 Å². The number of allylic oxidation sites excluding steroid dienone is 1. The molecule has 1 atom stereocenters. The van der Waals surface area contributed by atoms with Gasteiger partial charge in [0.15, 0.2) is 0 Å². The van der Waals surface area contributed by atoms with Gasteiger partial charge in [0.1, 0.15) is 5.75 Å². The number of rotatable bonds is 9. The Morgan fingerprint density at radius 1 is 1.20 bits per heavy atom. The topological polar surface area (TPSA) is 129 Å². The Morgan fingerprint density at radius 3 is 2.40 bits per heavy atom. The summed E-state index contributed by atoms with van der Waals surface area (Å²) in [7, 11) is 0. The van der Waals surface area contributed by atoms with Crippen molar-refractivity contribution >= 4 is 17.7 Å². The van der Waals surface area contributed by atoms with Gasteiger partial charge in [0.2, 0.25) is 5.75 Å². The molecule has 164 valence electrons. The van der Waals surface area contributed by atoms with Crippen LogP contribution in [0, 0.1) is 16.0 Å². The number of nitrogens with one attached hydrogen (secondary N) is 2. The number of nitro groups is 1. The van der Waals surface area contributed by atoms with Gasteiger partial charge in [0.05, 0.1) is 36.4 Å². The molecule has 2 N–H and O–H groups in total. The minimum atomic E-state index is -0.991. The van der Waals surface area contributed by atoms with Crippen LogP contribution in [-0.4, -0.2) is 36.7 Å². The highest BCUT2D eigenvalue weighted by Gasteiger charge is 2.36. The van der Waals surface area contributed by atoms with Crippen molar-refractivity contribution < 1.29 is 28.7 Å². The fraction of sp³-hybridized carbons (Fsp3) is 0.500. The van der Waals surface area contributed by atoms with Crippen LogP contribution in [0.3, 0.4) is 0 Å². The Hall–Kier alpha value is -3.30. The van der Waals surface area contributed by atoms with E-state index in [1.807, 2.05) is 13.8 Å². The maximum Gasteiger partial charge on any atom is 0.338 e. The number of benzene rings is 1. The molecule has 30 heavy (non-hydrogen) atoms. The van der Waals surface area contributed by atoms with Gasteiger partial charge in [-0.15, -0.1) is 0 Å². The molecule has 1 aliphatic rings. The molecule has 10 nitrogen and oxygen atoms in total. The molecule has 0 radical (unpaired) electrons. The molecule has 0 spiro atoms. The minimum absolute atomic E-state index is 0.0413. The van der Waals surface area contributed by atoms with Crippen molar-refractivity contribution in [2.45, 2.75) is 40.7 Å². The number of esters is 1. The molecule has 1 aromatic carbocycles. The van der Waals surface area contributed by atoms with Gasteiger partial charge >= 0.3 is 17.7 Å². The first-order valence-electron chi connectivity index (χ1n) is 9.72. The lowest BCUT2D eigenvalue weighted by atomic mass is 9.94. The van der Waals surface area contributed by atoms with Crippen LogP contribution in [0.1, 0.15) is 46.2 Å². The third kappa shape index (κ3) is 5.19. The largest absolute Gasteiger partial charge is 0.493 e. The molecule has 0 aromatic heterocycles. The van der Waals surface area contributed by atoms with Gasteiger partial charge in [-0.2, -0.15) is 0 Å². The summed E-state index contributed by atoms with van der Waals surface area (Å²) in [6.45, 7) is 9.52. The van der Waals surface area contributed by atoms with Crippen LogP contribution in [0.2, 0.25) is 0 Å². The van der Waals surface area contributed by atoms with Gasteiger partial charge in [0, 0.05) is 23.4 Å². The molecule has 2 rings (SSSR count). The van der Waals surface area contributed by atoms with E-state index in [1.165, 1.54) is 12.1 Å². The van der Waals surface area contributed by atoms with E-state index in [0.717, 1.165) is 0 Å². The lowest BCUT2D eigenvalue weighted by Crippen LogP contribution is -2.45. The van der Waals surface area contributed by atoms with Crippen LogP contribution in [0.25, 0.3) is 0 Å². The summed E-state index contributed by atoms with van der Waals surface area (Å²) in [5.74, 6) is -0.206. The molecule has 1 aromatic rings. The van der Waals surface area contributed by atoms with Gasteiger partial charge in [0.25, 0.3) is 0 Å². The Labute approximate surface area is 174 Å². The van der Waals surface area contributed by atoms with Crippen LogP contribution >= 0.6 is 0 Å². The summed E-state index contributed by atoms with van der Waals surface area (Å²) in [4.78, 5) is 36.0. The number of hydrogen-bond acceptors (Lipinski definition) is 7. The van der Waals surface area contributed by atoms with Crippen molar-refractivity contribution in [1.29, 1.82) is 0 Å². The normalized spacial score (nSPS) is 16.1. The molecule has 1 heterocycles. The third-order valence-corrected chi connectivity index (χ3v) is 4.24. The second-order valence-electron chi connectivity index (χ2n) is 7.04. The van der Waals surface area contributed by atoms with E-state index < -0.39 is 23.0 Å². The Kier molecular flexibility index (Phi) is 7.62. The molecule has 0 saturated heterocycles. The first-order valence-corrected chi connectivity index (χ1v) is 9.72. The third-order valence-electron chi connectivity index (χ3n) is 4.24. The number of urea groups is 1. The number of carbonyl (C=O) groups excluding carboxylic acids is 2. The standard InChI is InChI=1S/C20H27N3O7/c1-6-28-15-9-16(29-7-2)14(23(26)27)8-13(15)18-17(12(5)21-20(25)22-18)19(24)30-10-11(3)4/h8-9,11,18H,6-7,10H2,1-5H3,(H2,21,22,25). The van der Waals surface area contributed by atoms with E-state index >= 15 is 0 Å². The average molecular weight is 421 g/mol. The zero-order valence-electron chi connectivity index (χ0n) is 17.7. The van der Waals surface area contributed by atoms with E-state index in [1.54, 1.807) is 20.8 Å². The van der Waals surface area contributed by atoms with E-state index in [0.29, 0.717) is 5.70 Å². The van der Waals surface area contributed by atoms with Gasteiger partial charge < -0.3 is 24.8 Å². The van der Waals surface area contributed by atoms with Crippen LogP contribution in [0.4, 0.5) is 10.5 Å². The van der Waals surface area contributed by atoms with Gasteiger partial charge in [-0.25, -0.2) is 9.59 Å². The molecule has 0 fully saturated rings. The number of nitrogens with zero attached hydrogens (tertiary/aromatic N) is 1. The molecule has 10 heteroatoms. The van der Waals surface area contributed by atoms with Crippen molar-refractivity contribution in [3.8, 4) is 11.5 Å². The SMILES string of the molecule is CCOc1cc(OCC)c([N+](=O)[O-])cc1C1NC(=O)NC(C)=C1C(=O)OCC(C)C. The number of carbonyl (C=O) groups is 2.